The zero-order chi connectivity index (χ0) is 16.6. The van der Waals surface area contributed by atoms with Crippen LogP contribution in [0.1, 0.15) is 52.5 Å². The van der Waals surface area contributed by atoms with Crippen LogP contribution in [0.25, 0.3) is 0 Å². The fourth-order valence-electron chi connectivity index (χ4n) is 2.18. The molecule has 1 aromatic rings. The molecule has 0 amide bonds. The second-order valence-electron chi connectivity index (χ2n) is 6.52. The highest BCUT2D eigenvalue weighted by Gasteiger charge is 2.22. The van der Waals surface area contributed by atoms with Gasteiger partial charge in [0.15, 0.2) is 0 Å². The molecule has 122 valence electrons. The van der Waals surface area contributed by atoms with E-state index in [9.17, 15) is 4.79 Å². The van der Waals surface area contributed by atoms with Crippen LogP contribution in [0.3, 0.4) is 0 Å². The molecule has 0 saturated carbocycles. The first-order valence-electron chi connectivity index (χ1n) is 7.89. The predicted octanol–water partition coefficient (Wildman–Crippen LogP) is 4.87. The summed E-state index contributed by atoms with van der Waals surface area (Å²) < 4.78 is 11.2. The maximum atomic E-state index is 12.0. The van der Waals surface area contributed by atoms with Crippen LogP contribution in [-0.2, 0) is 20.9 Å². The Morgan fingerprint density at radius 3 is 2.41 bits per heavy atom. The molecule has 0 saturated heterocycles. The first-order valence-corrected chi connectivity index (χ1v) is 7.89. The van der Waals surface area contributed by atoms with Gasteiger partial charge >= 0.3 is 5.97 Å². The van der Waals surface area contributed by atoms with Crippen molar-refractivity contribution in [2.75, 3.05) is 0 Å². The number of esters is 1. The van der Waals surface area contributed by atoms with Crippen molar-refractivity contribution in [1.82, 2.24) is 0 Å². The molecule has 0 aliphatic heterocycles. The van der Waals surface area contributed by atoms with E-state index >= 15 is 0 Å². The van der Waals surface area contributed by atoms with Gasteiger partial charge in [-0.1, -0.05) is 50.3 Å². The Hall–Kier alpha value is -1.77. The van der Waals surface area contributed by atoms with Gasteiger partial charge in [0, 0.05) is 5.92 Å². The summed E-state index contributed by atoms with van der Waals surface area (Å²) in [6, 6.07) is 9.95. The lowest BCUT2D eigenvalue weighted by molar-refractivity contribution is -0.156. The van der Waals surface area contributed by atoms with Gasteiger partial charge < -0.3 is 9.47 Å². The largest absolute Gasteiger partial charge is 0.494 e. The van der Waals surface area contributed by atoms with Crippen LogP contribution >= 0.6 is 0 Å². The highest BCUT2D eigenvalue weighted by molar-refractivity contribution is 5.70. The lowest BCUT2D eigenvalue weighted by atomic mass is 9.98. The van der Waals surface area contributed by atoms with Crippen LogP contribution in [0.4, 0.5) is 0 Å². The van der Waals surface area contributed by atoms with E-state index in [4.69, 9.17) is 9.47 Å². The van der Waals surface area contributed by atoms with Crippen molar-refractivity contribution in [2.24, 2.45) is 5.92 Å². The van der Waals surface area contributed by atoms with E-state index in [2.05, 4.69) is 13.5 Å². The van der Waals surface area contributed by atoms with E-state index in [1.807, 2.05) is 51.1 Å². The van der Waals surface area contributed by atoms with Crippen LogP contribution in [0, 0.1) is 5.92 Å². The highest BCUT2D eigenvalue weighted by atomic mass is 16.6. The van der Waals surface area contributed by atoms with Crippen molar-refractivity contribution in [2.45, 2.75) is 59.2 Å². The van der Waals surface area contributed by atoms with E-state index in [1.54, 1.807) is 0 Å². The normalized spacial score (nSPS) is 12.5. The summed E-state index contributed by atoms with van der Waals surface area (Å²) in [5.41, 5.74) is 0.635. The van der Waals surface area contributed by atoms with Gasteiger partial charge in [-0.2, -0.15) is 0 Å². The van der Waals surface area contributed by atoms with Gasteiger partial charge in [0.25, 0.3) is 0 Å². The molecule has 1 aromatic carbocycles. The summed E-state index contributed by atoms with van der Waals surface area (Å²) in [6.07, 6.45) is 2.16. The minimum Gasteiger partial charge on any atom is -0.494 e. The van der Waals surface area contributed by atoms with E-state index < -0.39 is 5.60 Å². The Bertz CT molecular complexity index is 471. The van der Waals surface area contributed by atoms with Crippen LogP contribution in [0.15, 0.2) is 42.7 Å². The van der Waals surface area contributed by atoms with Crippen molar-refractivity contribution in [3.63, 3.8) is 0 Å². The molecular formula is C19H28O3. The Morgan fingerprint density at radius 2 is 1.86 bits per heavy atom. The van der Waals surface area contributed by atoms with Gasteiger partial charge in [0.1, 0.15) is 12.2 Å². The van der Waals surface area contributed by atoms with Crippen molar-refractivity contribution in [3.05, 3.63) is 48.2 Å². The molecule has 22 heavy (non-hydrogen) atoms. The van der Waals surface area contributed by atoms with Crippen molar-refractivity contribution < 1.29 is 14.3 Å². The first-order chi connectivity index (χ1) is 10.3. The SMILES string of the molecule is C=C(OCc1ccccc1)[C@H](CCC)CC(=O)OC(C)(C)C. The highest BCUT2D eigenvalue weighted by Crippen LogP contribution is 2.23. The average molecular weight is 304 g/mol. The second-order valence-corrected chi connectivity index (χ2v) is 6.52. The van der Waals surface area contributed by atoms with Crippen LogP contribution in [-0.4, -0.2) is 11.6 Å². The van der Waals surface area contributed by atoms with Gasteiger partial charge in [-0.15, -0.1) is 0 Å². The number of ether oxygens (including phenoxy) is 2. The summed E-state index contributed by atoms with van der Waals surface area (Å²) in [5.74, 6) is 0.468. The third-order valence-electron chi connectivity index (χ3n) is 3.19. The number of benzene rings is 1. The molecule has 1 rings (SSSR count). The predicted molar refractivity (Wildman–Crippen MR) is 89.2 cm³/mol. The van der Waals surface area contributed by atoms with Crippen LogP contribution in [0.2, 0.25) is 0 Å². The Balaban J connectivity index is 2.54. The van der Waals surface area contributed by atoms with Gasteiger partial charge in [0.05, 0.1) is 12.2 Å². The number of hydrogen-bond acceptors (Lipinski definition) is 3. The number of rotatable bonds is 8. The fourth-order valence-corrected chi connectivity index (χ4v) is 2.18. The number of hydrogen-bond donors (Lipinski definition) is 0. The Kier molecular flexibility index (Phi) is 7.16. The third kappa shape index (κ3) is 7.30. The summed E-state index contributed by atoms with van der Waals surface area (Å²) in [7, 11) is 0. The monoisotopic (exact) mass is 304 g/mol. The van der Waals surface area contributed by atoms with Crippen molar-refractivity contribution in [3.8, 4) is 0 Å². The first kappa shape index (κ1) is 18.3. The molecule has 0 N–H and O–H groups in total. The zero-order valence-electron chi connectivity index (χ0n) is 14.2. The van der Waals surface area contributed by atoms with Gasteiger partial charge in [-0.25, -0.2) is 0 Å². The third-order valence-corrected chi connectivity index (χ3v) is 3.19. The molecule has 3 heteroatoms. The molecule has 0 heterocycles. The van der Waals surface area contributed by atoms with Crippen LogP contribution < -0.4 is 0 Å². The molecule has 3 nitrogen and oxygen atoms in total. The van der Waals surface area contributed by atoms with Crippen molar-refractivity contribution >= 4 is 5.97 Å². The number of carbonyl (C=O) groups is 1. The van der Waals surface area contributed by atoms with Gasteiger partial charge in [0.2, 0.25) is 0 Å². The second kappa shape index (κ2) is 8.62. The molecule has 0 aliphatic rings. The lowest BCUT2D eigenvalue weighted by Crippen LogP contribution is -2.25. The molecule has 0 radical (unpaired) electrons. The molecule has 1 atom stereocenters. The van der Waals surface area contributed by atoms with E-state index in [1.165, 1.54) is 0 Å². The molecular weight excluding hydrogens is 276 g/mol. The maximum Gasteiger partial charge on any atom is 0.307 e. The van der Waals surface area contributed by atoms with E-state index in [-0.39, 0.29) is 11.9 Å². The van der Waals surface area contributed by atoms with Gasteiger partial charge in [-0.3, -0.25) is 4.79 Å². The van der Waals surface area contributed by atoms with E-state index in [0.29, 0.717) is 18.8 Å². The molecule has 0 fully saturated rings. The number of carbonyl (C=O) groups excluding carboxylic acids is 1. The molecule has 0 bridgehead atoms. The smallest absolute Gasteiger partial charge is 0.307 e. The molecule has 0 spiro atoms. The maximum absolute atomic E-state index is 12.0. The van der Waals surface area contributed by atoms with Crippen LogP contribution in [0.5, 0.6) is 0 Å². The summed E-state index contributed by atoms with van der Waals surface area (Å²) in [6.45, 7) is 12.2. The Morgan fingerprint density at radius 1 is 1.23 bits per heavy atom. The van der Waals surface area contributed by atoms with E-state index in [0.717, 1.165) is 18.4 Å². The fraction of sp³-hybridized carbons (Fsp3) is 0.526. The molecule has 0 aliphatic carbocycles. The van der Waals surface area contributed by atoms with Crippen molar-refractivity contribution in [1.29, 1.82) is 0 Å². The lowest BCUT2D eigenvalue weighted by Gasteiger charge is -2.23. The van der Waals surface area contributed by atoms with Gasteiger partial charge in [-0.05, 0) is 32.8 Å². The summed E-state index contributed by atoms with van der Waals surface area (Å²) in [5, 5.41) is 0. The zero-order valence-corrected chi connectivity index (χ0v) is 14.2. The summed E-state index contributed by atoms with van der Waals surface area (Å²) in [4.78, 5) is 12.0. The quantitative estimate of drug-likeness (QED) is 0.508. The minimum absolute atomic E-state index is 0.00330. The molecule has 0 aromatic heterocycles. The number of allylic oxidation sites excluding steroid dienone is 1. The topological polar surface area (TPSA) is 35.5 Å². The Labute approximate surface area is 134 Å². The standard InChI is InChI=1S/C19H28O3/c1-6-10-17(13-18(20)22-19(3,4)5)15(2)21-14-16-11-8-7-9-12-16/h7-9,11-12,17H,2,6,10,13-14H2,1,3-5H3/t17-/m1/s1. The molecule has 0 unspecified atom stereocenters. The summed E-state index contributed by atoms with van der Waals surface area (Å²) >= 11 is 0. The average Bonchev–Trinajstić information content (AvgIpc) is 2.43. The minimum atomic E-state index is -0.458.